The van der Waals surface area contributed by atoms with Crippen LogP contribution in [0.3, 0.4) is 0 Å². The summed E-state index contributed by atoms with van der Waals surface area (Å²) in [5.41, 5.74) is 9.11. The molecule has 1 heteroatoms. The molecule has 0 amide bonds. The van der Waals surface area contributed by atoms with Gasteiger partial charge in [-0.1, -0.05) is 91.1 Å². The van der Waals surface area contributed by atoms with E-state index >= 15 is 0 Å². The molecular formula is C19H19N. The highest BCUT2D eigenvalue weighted by molar-refractivity contribution is 5.53. The summed E-state index contributed by atoms with van der Waals surface area (Å²) in [4.78, 5) is 0. The maximum Gasteiger partial charge on any atom is 0.0178 e. The highest BCUT2D eigenvalue weighted by Gasteiger charge is 1.87. The van der Waals surface area contributed by atoms with Crippen LogP contribution in [-0.2, 0) is 6.54 Å². The van der Waals surface area contributed by atoms with Crippen molar-refractivity contribution in [3.63, 3.8) is 0 Å². The van der Waals surface area contributed by atoms with E-state index in [0.717, 1.165) is 5.56 Å². The highest BCUT2D eigenvalue weighted by atomic mass is 14.5. The Labute approximate surface area is 120 Å². The lowest BCUT2D eigenvalue weighted by atomic mass is 10.1. The predicted octanol–water partition coefficient (Wildman–Crippen LogP) is 4.43. The number of rotatable bonds is 5. The summed E-state index contributed by atoms with van der Waals surface area (Å²) in [5, 5.41) is 0. The first-order chi connectivity index (χ1) is 9.88. The molecule has 20 heavy (non-hydrogen) atoms. The first-order valence-electron chi connectivity index (χ1n) is 6.74. The van der Waals surface area contributed by atoms with Crippen molar-refractivity contribution in [1.29, 1.82) is 0 Å². The second kappa shape index (κ2) is 7.93. The third kappa shape index (κ3) is 4.71. The van der Waals surface area contributed by atoms with Gasteiger partial charge in [-0.15, -0.1) is 0 Å². The van der Waals surface area contributed by atoms with Gasteiger partial charge in [0.05, 0.1) is 0 Å². The second-order valence-corrected chi connectivity index (χ2v) is 4.46. The summed E-state index contributed by atoms with van der Waals surface area (Å²) < 4.78 is 0. The van der Waals surface area contributed by atoms with Gasteiger partial charge in [-0.2, -0.15) is 0 Å². The van der Waals surface area contributed by atoms with Crippen LogP contribution in [0.25, 0.3) is 12.2 Å². The second-order valence-electron chi connectivity index (χ2n) is 4.46. The lowest BCUT2D eigenvalue weighted by Crippen LogP contribution is -1.94. The molecule has 0 saturated carbocycles. The van der Waals surface area contributed by atoms with E-state index in [1.54, 1.807) is 0 Å². The molecule has 0 spiro atoms. The molecule has 0 unspecified atom stereocenters. The molecule has 0 atom stereocenters. The van der Waals surface area contributed by atoms with Crippen LogP contribution >= 0.6 is 0 Å². The molecule has 0 fully saturated rings. The van der Waals surface area contributed by atoms with E-state index in [1.165, 1.54) is 11.1 Å². The molecule has 0 aromatic heterocycles. The molecule has 2 rings (SSSR count). The van der Waals surface area contributed by atoms with Crippen LogP contribution in [0, 0.1) is 0 Å². The standard InChI is InChI=1S/C19H19N/c20-16-19-14-12-18(13-15-19)11-5-2-1-4-8-17-9-6-3-7-10-17/h1-15H,16,20H2/b2-1+,8-4+,11-5+. The van der Waals surface area contributed by atoms with Crippen LogP contribution in [0.2, 0.25) is 0 Å². The van der Waals surface area contributed by atoms with Crippen LogP contribution in [0.5, 0.6) is 0 Å². The molecular weight excluding hydrogens is 242 g/mol. The summed E-state index contributed by atoms with van der Waals surface area (Å²) in [6.07, 6.45) is 12.3. The van der Waals surface area contributed by atoms with Gasteiger partial charge >= 0.3 is 0 Å². The fourth-order valence-corrected chi connectivity index (χ4v) is 1.79. The molecule has 100 valence electrons. The number of nitrogens with two attached hydrogens (primary N) is 1. The number of hydrogen-bond acceptors (Lipinski definition) is 1. The molecule has 0 aliphatic carbocycles. The van der Waals surface area contributed by atoms with Crippen LogP contribution in [0.15, 0.2) is 78.9 Å². The fourth-order valence-electron chi connectivity index (χ4n) is 1.79. The van der Waals surface area contributed by atoms with Crippen LogP contribution < -0.4 is 5.73 Å². The Hall–Kier alpha value is -2.38. The third-order valence-corrected chi connectivity index (χ3v) is 2.93. The lowest BCUT2D eigenvalue weighted by molar-refractivity contribution is 1.07. The Balaban J connectivity index is 1.86. The molecule has 2 N–H and O–H groups in total. The molecule has 0 bridgehead atoms. The first-order valence-corrected chi connectivity index (χ1v) is 6.74. The molecule has 2 aromatic carbocycles. The van der Waals surface area contributed by atoms with E-state index < -0.39 is 0 Å². The van der Waals surface area contributed by atoms with E-state index in [4.69, 9.17) is 5.73 Å². The van der Waals surface area contributed by atoms with Gasteiger partial charge in [0.2, 0.25) is 0 Å². The number of benzene rings is 2. The van der Waals surface area contributed by atoms with Crippen LogP contribution in [-0.4, -0.2) is 0 Å². The van der Waals surface area contributed by atoms with E-state index in [0.29, 0.717) is 6.54 Å². The van der Waals surface area contributed by atoms with Gasteiger partial charge in [0, 0.05) is 6.54 Å². The SMILES string of the molecule is NCc1ccc(/C=C/C=C/C=C/c2ccccc2)cc1. The van der Waals surface area contributed by atoms with E-state index in [1.807, 2.05) is 42.5 Å². The lowest BCUT2D eigenvalue weighted by Gasteiger charge is -1.96. The van der Waals surface area contributed by atoms with E-state index in [9.17, 15) is 0 Å². The molecule has 0 radical (unpaired) electrons. The number of allylic oxidation sites excluding steroid dienone is 4. The van der Waals surface area contributed by atoms with Crippen molar-refractivity contribution >= 4 is 12.2 Å². The average Bonchev–Trinajstić information content (AvgIpc) is 2.52. The molecule has 2 aromatic rings. The van der Waals surface area contributed by atoms with Crippen molar-refractivity contribution in [2.24, 2.45) is 5.73 Å². The Kier molecular flexibility index (Phi) is 5.56. The molecule has 0 heterocycles. The molecule has 0 aliphatic rings. The zero-order valence-electron chi connectivity index (χ0n) is 11.4. The van der Waals surface area contributed by atoms with E-state index in [2.05, 4.69) is 48.6 Å². The van der Waals surface area contributed by atoms with Crippen LogP contribution in [0.4, 0.5) is 0 Å². The Morgan fingerprint density at radius 2 is 1.20 bits per heavy atom. The summed E-state index contributed by atoms with van der Waals surface area (Å²) in [6, 6.07) is 18.5. The van der Waals surface area contributed by atoms with Crippen molar-refractivity contribution < 1.29 is 0 Å². The Morgan fingerprint density at radius 1 is 0.650 bits per heavy atom. The first kappa shape index (κ1) is 14.0. The minimum absolute atomic E-state index is 0.591. The van der Waals surface area contributed by atoms with Gasteiger partial charge in [0.15, 0.2) is 0 Å². The van der Waals surface area contributed by atoms with Gasteiger partial charge < -0.3 is 5.73 Å². The molecule has 1 nitrogen and oxygen atoms in total. The Bertz CT molecular complexity index is 589. The maximum atomic E-state index is 5.57. The number of hydrogen-bond donors (Lipinski definition) is 1. The fraction of sp³-hybridized carbons (Fsp3) is 0.0526. The average molecular weight is 261 g/mol. The maximum absolute atomic E-state index is 5.57. The summed E-state index contributed by atoms with van der Waals surface area (Å²) in [7, 11) is 0. The van der Waals surface area contributed by atoms with Gasteiger partial charge in [0.1, 0.15) is 0 Å². The summed E-state index contributed by atoms with van der Waals surface area (Å²) in [6.45, 7) is 0.591. The van der Waals surface area contributed by atoms with Crippen molar-refractivity contribution in [2.75, 3.05) is 0 Å². The van der Waals surface area contributed by atoms with Crippen molar-refractivity contribution in [3.05, 3.63) is 95.6 Å². The van der Waals surface area contributed by atoms with Crippen LogP contribution in [0.1, 0.15) is 16.7 Å². The monoisotopic (exact) mass is 261 g/mol. The van der Waals surface area contributed by atoms with Gasteiger partial charge in [-0.05, 0) is 16.7 Å². The quantitative estimate of drug-likeness (QED) is 0.792. The normalized spacial score (nSPS) is 11.8. The zero-order chi connectivity index (χ0) is 14.0. The Morgan fingerprint density at radius 3 is 1.75 bits per heavy atom. The van der Waals surface area contributed by atoms with Crippen molar-refractivity contribution in [1.82, 2.24) is 0 Å². The van der Waals surface area contributed by atoms with Gasteiger partial charge in [-0.25, -0.2) is 0 Å². The smallest absolute Gasteiger partial charge is 0.0178 e. The van der Waals surface area contributed by atoms with Gasteiger partial charge in [0.25, 0.3) is 0 Å². The zero-order valence-corrected chi connectivity index (χ0v) is 11.4. The predicted molar refractivity (Wildman–Crippen MR) is 88.0 cm³/mol. The third-order valence-electron chi connectivity index (χ3n) is 2.93. The molecule has 0 saturated heterocycles. The molecule has 0 aliphatic heterocycles. The highest BCUT2D eigenvalue weighted by Crippen LogP contribution is 2.06. The summed E-state index contributed by atoms with van der Waals surface area (Å²) in [5.74, 6) is 0. The van der Waals surface area contributed by atoms with Crippen molar-refractivity contribution in [2.45, 2.75) is 6.54 Å². The largest absolute Gasteiger partial charge is 0.326 e. The minimum Gasteiger partial charge on any atom is -0.326 e. The van der Waals surface area contributed by atoms with Gasteiger partial charge in [-0.3, -0.25) is 0 Å². The minimum atomic E-state index is 0.591. The van der Waals surface area contributed by atoms with Crippen molar-refractivity contribution in [3.8, 4) is 0 Å². The topological polar surface area (TPSA) is 26.0 Å². The van der Waals surface area contributed by atoms with E-state index in [-0.39, 0.29) is 0 Å². The summed E-state index contributed by atoms with van der Waals surface area (Å²) >= 11 is 0.